The summed E-state index contributed by atoms with van der Waals surface area (Å²) in [4.78, 5) is 13.6. The first-order chi connectivity index (χ1) is 13.0. The number of nitrogens with zero attached hydrogens (tertiary/aromatic N) is 1. The van der Waals surface area contributed by atoms with E-state index in [-0.39, 0.29) is 23.0 Å². The Hall–Kier alpha value is -1.44. The lowest BCUT2D eigenvalue weighted by atomic mass is 9.90. The number of rotatable bonds is 4. The number of aromatic nitrogens is 1. The zero-order valence-electron chi connectivity index (χ0n) is 15.3. The highest BCUT2D eigenvalue weighted by atomic mass is 35.5. The molecule has 1 aromatic heterocycles. The molecule has 0 aromatic carbocycles. The topological polar surface area (TPSA) is 81.7 Å². The van der Waals surface area contributed by atoms with Crippen LogP contribution in [0.15, 0.2) is 23.2 Å². The molecule has 5 rings (SSSR count). The lowest BCUT2D eigenvalue weighted by Gasteiger charge is -2.21. The van der Waals surface area contributed by atoms with Crippen LogP contribution in [0, 0.1) is 0 Å². The number of fused-ring (bicyclic) bond motifs is 1. The van der Waals surface area contributed by atoms with E-state index in [1.165, 1.54) is 35.4 Å². The maximum Gasteiger partial charge on any atom is 0.233 e. The molecule has 3 heterocycles. The molecule has 4 atom stereocenters. The van der Waals surface area contributed by atoms with Gasteiger partial charge in [0.15, 0.2) is 0 Å². The minimum atomic E-state index is -1.00. The molecule has 144 valence electrons. The first kappa shape index (κ1) is 17.6. The number of hydrogen-bond acceptors (Lipinski definition) is 5. The van der Waals surface area contributed by atoms with Gasteiger partial charge in [0.2, 0.25) is 6.41 Å². The minimum absolute atomic E-state index is 0.0667. The molecule has 1 saturated heterocycles. The zero-order chi connectivity index (χ0) is 18.6. The van der Waals surface area contributed by atoms with Gasteiger partial charge in [-0.2, -0.15) is 5.48 Å². The highest BCUT2D eigenvalue weighted by Crippen LogP contribution is 2.50. The van der Waals surface area contributed by atoms with Gasteiger partial charge in [-0.15, -0.1) is 11.6 Å². The molecular weight excluding hydrogens is 364 g/mol. The summed E-state index contributed by atoms with van der Waals surface area (Å²) in [6.45, 7) is 2.34. The molecule has 2 aliphatic heterocycles. The van der Waals surface area contributed by atoms with Crippen molar-refractivity contribution >= 4 is 23.4 Å². The van der Waals surface area contributed by atoms with E-state index >= 15 is 0 Å². The van der Waals surface area contributed by atoms with Crippen molar-refractivity contribution in [3.8, 4) is 0 Å². The van der Waals surface area contributed by atoms with Crippen molar-refractivity contribution in [3.63, 3.8) is 0 Å². The second-order valence-corrected chi connectivity index (χ2v) is 8.81. The van der Waals surface area contributed by atoms with Crippen LogP contribution < -0.4 is 10.8 Å². The van der Waals surface area contributed by atoms with Crippen molar-refractivity contribution in [3.05, 3.63) is 40.7 Å². The molecule has 27 heavy (non-hydrogen) atoms. The monoisotopic (exact) mass is 388 g/mol. The van der Waals surface area contributed by atoms with Crippen LogP contribution >= 0.6 is 11.6 Å². The van der Waals surface area contributed by atoms with Crippen LogP contribution in [0.25, 0.3) is 6.08 Å². The Bertz CT molecular complexity index is 839. The van der Waals surface area contributed by atoms with Crippen molar-refractivity contribution in [1.29, 1.82) is 0 Å². The van der Waals surface area contributed by atoms with E-state index in [1.807, 2.05) is 6.08 Å². The lowest BCUT2D eigenvalue weighted by molar-refractivity contribution is -0.109. The number of aliphatic hydroxyl groups is 1. The summed E-state index contributed by atoms with van der Waals surface area (Å²) in [7, 11) is 0. The molecule has 2 aliphatic carbocycles. The number of dihydropyridines is 1. The summed E-state index contributed by atoms with van der Waals surface area (Å²) < 4.78 is 0. The lowest BCUT2D eigenvalue weighted by Crippen LogP contribution is -2.41. The van der Waals surface area contributed by atoms with Crippen LogP contribution in [0.3, 0.4) is 0 Å². The number of halogens is 1. The van der Waals surface area contributed by atoms with Gasteiger partial charge in [-0.05, 0) is 42.9 Å². The Labute approximate surface area is 163 Å². The normalized spacial score (nSPS) is 33.8. The SMILES string of the molecule is CC1(c2[nH]c3c(c2CC2CC=CC(C4NOC(O)N4)=N2)C=CC(Cl)C3)CC1. The predicted octanol–water partition coefficient (Wildman–Crippen LogP) is 2.28. The quantitative estimate of drug-likeness (QED) is 0.596. The fourth-order valence-electron chi connectivity index (χ4n) is 4.28. The number of hydrogen-bond donors (Lipinski definition) is 4. The molecule has 0 spiro atoms. The van der Waals surface area contributed by atoms with Gasteiger partial charge >= 0.3 is 0 Å². The maximum atomic E-state index is 9.49. The number of aliphatic imine (C=N–C) groups is 1. The van der Waals surface area contributed by atoms with E-state index in [0.29, 0.717) is 0 Å². The van der Waals surface area contributed by atoms with Crippen LogP contribution in [0.1, 0.15) is 48.7 Å². The number of allylic oxidation sites excluding steroid dienone is 1. The third-order valence-electron chi connectivity index (χ3n) is 6.07. The Morgan fingerprint density at radius 1 is 1.37 bits per heavy atom. The van der Waals surface area contributed by atoms with Crippen LogP contribution in [-0.4, -0.2) is 39.8 Å². The third-order valence-corrected chi connectivity index (χ3v) is 6.37. The van der Waals surface area contributed by atoms with E-state index in [1.54, 1.807) is 0 Å². The van der Waals surface area contributed by atoms with Crippen molar-refractivity contribution in [2.45, 2.75) is 68.4 Å². The van der Waals surface area contributed by atoms with E-state index in [4.69, 9.17) is 21.4 Å². The van der Waals surface area contributed by atoms with Gasteiger partial charge in [-0.3, -0.25) is 9.83 Å². The molecule has 4 aliphatic rings. The number of aliphatic hydroxyl groups excluding tert-OH is 1. The highest BCUT2D eigenvalue weighted by Gasteiger charge is 2.43. The Kier molecular flexibility index (Phi) is 4.29. The number of alkyl halides is 1. The van der Waals surface area contributed by atoms with Gasteiger partial charge in [0.05, 0.1) is 17.1 Å². The van der Waals surface area contributed by atoms with Crippen LogP contribution in [-0.2, 0) is 23.1 Å². The summed E-state index contributed by atoms with van der Waals surface area (Å²) >= 11 is 6.35. The number of aromatic amines is 1. The molecule has 4 unspecified atom stereocenters. The maximum absolute atomic E-state index is 9.49. The summed E-state index contributed by atoms with van der Waals surface area (Å²) in [5.74, 6) is 0. The third kappa shape index (κ3) is 3.30. The van der Waals surface area contributed by atoms with Crippen LogP contribution in [0.5, 0.6) is 0 Å². The molecule has 0 bridgehead atoms. The van der Waals surface area contributed by atoms with Gasteiger partial charge in [-0.1, -0.05) is 25.2 Å². The molecule has 1 saturated carbocycles. The fourth-order valence-corrected chi connectivity index (χ4v) is 4.50. The molecule has 0 amide bonds. The smallest absolute Gasteiger partial charge is 0.233 e. The average molecular weight is 389 g/mol. The standard InChI is InChI=1S/C20H25ClN4O2/c1-20(7-8-20)17-14(13-6-5-11(21)9-16(13)23-17)10-12-3-2-4-15(22-12)18-24-19(26)27-25-18/h2,4-6,11-12,18-19,23-26H,3,7-10H2,1H3. The fraction of sp³-hybridized carbons (Fsp3) is 0.550. The number of nitrogens with one attached hydrogen (secondary N) is 3. The van der Waals surface area contributed by atoms with E-state index < -0.39 is 6.41 Å². The largest absolute Gasteiger partial charge is 0.361 e. The Morgan fingerprint density at radius 3 is 2.96 bits per heavy atom. The Balaban J connectivity index is 1.43. The van der Waals surface area contributed by atoms with Gasteiger partial charge in [0.1, 0.15) is 6.17 Å². The van der Waals surface area contributed by atoms with Crippen molar-refractivity contribution < 1.29 is 9.94 Å². The number of H-pyrrole nitrogens is 1. The zero-order valence-corrected chi connectivity index (χ0v) is 16.1. The molecule has 0 radical (unpaired) electrons. The van der Waals surface area contributed by atoms with Crippen molar-refractivity contribution in [2.24, 2.45) is 4.99 Å². The molecule has 4 N–H and O–H groups in total. The van der Waals surface area contributed by atoms with Crippen LogP contribution in [0.4, 0.5) is 0 Å². The molecule has 1 aromatic rings. The summed E-state index contributed by atoms with van der Waals surface area (Å²) in [5.41, 5.74) is 9.28. The second kappa shape index (κ2) is 6.57. The molecule has 7 heteroatoms. The first-order valence-corrected chi connectivity index (χ1v) is 10.1. The van der Waals surface area contributed by atoms with Gasteiger partial charge in [0, 0.05) is 23.2 Å². The van der Waals surface area contributed by atoms with Crippen molar-refractivity contribution in [2.75, 3.05) is 0 Å². The van der Waals surface area contributed by atoms with E-state index in [9.17, 15) is 5.11 Å². The average Bonchev–Trinajstić information content (AvgIpc) is 3.09. The summed E-state index contributed by atoms with van der Waals surface area (Å²) in [5, 5.41) is 12.5. The summed E-state index contributed by atoms with van der Waals surface area (Å²) in [6, 6.07) is 0.175. The Morgan fingerprint density at radius 2 is 2.22 bits per heavy atom. The first-order valence-electron chi connectivity index (χ1n) is 9.68. The van der Waals surface area contributed by atoms with E-state index in [2.05, 4.69) is 40.9 Å². The van der Waals surface area contributed by atoms with Crippen molar-refractivity contribution in [1.82, 2.24) is 15.8 Å². The van der Waals surface area contributed by atoms with Gasteiger partial charge in [0.25, 0.3) is 0 Å². The van der Waals surface area contributed by atoms with Gasteiger partial charge in [-0.25, -0.2) is 5.32 Å². The minimum Gasteiger partial charge on any atom is -0.361 e. The van der Waals surface area contributed by atoms with Crippen LogP contribution in [0.2, 0.25) is 0 Å². The molecular formula is C20H25ClN4O2. The predicted molar refractivity (Wildman–Crippen MR) is 106 cm³/mol. The second-order valence-electron chi connectivity index (χ2n) is 8.25. The van der Waals surface area contributed by atoms with Gasteiger partial charge < -0.3 is 10.1 Å². The molecule has 6 nitrogen and oxygen atoms in total. The summed E-state index contributed by atoms with van der Waals surface area (Å²) in [6.07, 6.45) is 12.3. The molecule has 2 fully saturated rings. The number of hydroxylamine groups is 1. The highest BCUT2D eigenvalue weighted by molar-refractivity contribution is 6.22. The van der Waals surface area contributed by atoms with E-state index in [0.717, 1.165) is 25.0 Å².